The van der Waals surface area contributed by atoms with E-state index in [4.69, 9.17) is 14.2 Å². The van der Waals surface area contributed by atoms with Crippen molar-refractivity contribution < 1.29 is 33.4 Å². The summed E-state index contributed by atoms with van der Waals surface area (Å²) in [7, 11) is 3.07. The summed E-state index contributed by atoms with van der Waals surface area (Å²) in [6.45, 7) is -1.17. The lowest BCUT2D eigenvalue weighted by Gasteiger charge is -2.12. The van der Waals surface area contributed by atoms with E-state index in [1.54, 1.807) is 36.8 Å². The molecule has 1 N–H and O–H groups in total. The number of hydrogen-bond acceptors (Lipinski definition) is 9. The maximum Gasteiger partial charge on any atom is 0.326 e. The standard InChI is InChI=1S/C23H19N3O7S/c1-31-17-8-7-13(9-18(17)32-2)16-12-34-23(24-16)25-19(27)11-33-20(28)10-26-21(29)14-5-3-4-6-15(14)22(26)30/h3-9,12H,10-11H2,1-2H3,(H,24,25,27). The van der Waals surface area contributed by atoms with Crippen LogP contribution in [0.15, 0.2) is 47.8 Å². The molecule has 2 heterocycles. The van der Waals surface area contributed by atoms with Crippen LogP contribution in [0.5, 0.6) is 11.5 Å². The van der Waals surface area contributed by atoms with Crippen LogP contribution < -0.4 is 14.8 Å². The summed E-state index contributed by atoms with van der Waals surface area (Å²) in [4.78, 5) is 54.1. The van der Waals surface area contributed by atoms with Gasteiger partial charge in [-0.1, -0.05) is 12.1 Å². The van der Waals surface area contributed by atoms with Gasteiger partial charge in [-0.05, 0) is 30.3 Å². The fraction of sp³-hybridized carbons (Fsp3) is 0.174. The van der Waals surface area contributed by atoms with Crippen LogP contribution >= 0.6 is 11.3 Å². The van der Waals surface area contributed by atoms with E-state index in [1.807, 2.05) is 6.07 Å². The van der Waals surface area contributed by atoms with Gasteiger partial charge in [-0.15, -0.1) is 11.3 Å². The van der Waals surface area contributed by atoms with Crippen molar-refractivity contribution in [3.05, 3.63) is 59.0 Å². The molecule has 0 unspecified atom stereocenters. The predicted octanol–water partition coefficient (Wildman–Crippen LogP) is 2.61. The van der Waals surface area contributed by atoms with Crippen LogP contribution in [0, 0.1) is 0 Å². The van der Waals surface area contributed by atoms with Crippen molar-refractivity contribution in [1.29, 1.82) is 0 Å². The number of carbonyl (C=O) groups excluding carboxylic acids is 4. The first kappa shape index (κ1) is 22.9. The molecule has 2 aromatic carbocycles. The van der Waals surface area contributed by atoms with Crippen molar-refractivity contribution in [2.45, 2.75) is 0 Å². The lowest BCUT2D eigenvalue weighted by molar-refractivity contribution is -0.147. The molecular formula is C23H19N3O7S. The Morgan fingerprint density at radius 2 is 1.68 bits per heavy atom. The molecule has 34 heavy (non-hydrogen) atoms. The van der Waals surface area contributed by atoms with E-state index in [0.29, 0.717) is 22.3 Å². The third-order valence-electron chi connectivity index (χ3n) is 4.96. The summed E-state index contributed by atoms with van der Waals surface area (Å²) in [5, 5.41) is 4.62. The molecule has 0 aliphatic carbocycles. The highest BCUT2D eigenvalue weighted by Crippen LogP contribution is 2.33. The second-order valence-corrected chi connectivity index (χ2v) is 7.92. The molecule has 10 nitrogen and oxygen atoms in total. The number of ether oxygens (including phenoxy) is 3. The van der Waals surface area contributed by atoms with Crippen LogP contribution in [-0.4, -0.2) is 60.9 Å². The van der Waals surface area contributed by atoms with Gasteiger partial charge in [0.2, 0.25) is 0 Å². The molecule has 0 atom stereocenters. The van der Waals surface area contributed by atoms with Gasteiger partial charge in [0.15, 0.2) is 23.2 Å². The minimum atomic E-state index is -0.880. The quantitative estimate of drug-likeness (QED) is 0.385. The summed E-state index contributed by atoms with van der Waals surface area (Å²) in [5.74, 6) is -1.51. The number of amides is 3. The molecule has 1 aromatic heterocycles. The first-order valence-corrected chi connectivity index (χ1v) is 10.9. The number of benzene rings is 2. The molecule has 1 aliphatic heterocycles. The van der Waals surface area contributed by atoms with Gasteiger partial charge in [-0.2, -0.15) is 0 Å². The van der Waals surface area contributed by atoms with E-state index in [2.05, 4.69) is 10.3 Å². The molecule has 0 radical (unpaired) electrons. The summed E-state index contributed by atoms with van der Waals surface area (Å²) < 4.78 is 15.4. The predicted molar refractivity (Wildman–Crippen MR) is 122 cm³/mol. The van der Waals surface area contributed by atoms with E-state index in [0.717, 1.165) is 10.5 Å². The van der Waals surface area contributed by atoms with Gasteiger partial charge in [0, 0.05) is 10.9 Å². The van der Waals surface area contributed by atoms with Crippen molar-refractivity contribution in [2.24, 2.45) is 0 Å². The number of nitrogens with one attached hydrogen (secondary N) is 1. The van der Waals surface area contributed by atoms with Gasteiger partial charge in [0.25, 0.3) is 17.7 Å². The normalized spacial score (nSPS) is 12.4. The van der Waals surface area contributed by atoms with E-state index in [1.165, 1.54) is 30.6 Å². The zero-order valence-corrected chi connectivity index (χ0v) is 19.0. The van der Waals surface area contributed by atoms with Crippen molar-refractivity contribution in [2.75, 3.05) is 32.7 Å². The SMILES string of the molecule is COc1ccc(-c2csc(NC(=O)COC(=O)CN3C(=O)c4ccccc4C3=O)n2)cc1OC. The van der Waals surface area contributed by atoms with Crippen molar-refractivity contribution in [3.63, 3.8) is 0 Å². The summed E-state index contributed by atoms with van der Waals surface area (Å²) >= 11 is 1.20. The molecule has 0 spiro atoms. The van der Waals surface area contributed by atoms with Crippen LogP contribution in [0.2, 0.25) is 0 Å². The molecule has 3 aromatic rings. The Bertz CT molecular complexity index is 1250. The highest BCUT2D eigenvalue weighted by Gasteiger charge is 2.36. The molecule has 11 heteroatoms. The fourth-order valence-electron chi connectivity index (χ4n) is 3.32. The Balaban J connectivity index is 1.30. The molecule has 3 amide bonds. The fourth-order valence-corrected chi connectivity index (χ4v) is 4.05. The first-order chi connectivity index (χ1) is 16.4. The summed E-state index contributed by atoms with van der Waals surface area (Å²) in [6.07, 6.45) is 0. The lowest BCUT2D eigenvalue weighted by Crippen LogP contribution is -2.36. The van der Waals surface area contributed by atoms with Gasteiger partial charge in [-0.25, -0.2) is 4.98 Å². The molecule has 4 rings (SSSR count). The van der Waals surface area contributed by atoms with Crippen LogP contribution in [0.25, 0.3) is 11.3 Å². The Hall–Kier alpha value is -4.25. The molecule has 0 saturated heterocycles. The second kappa shape index (κ2) is 9.71. The van der Waals surface area contributed by atoms with Gasteiger partial charge in [0.05, 0.1) is 31.0 Å². The summed E-state index contributed by atoms with van der Waals surface area (Å²) in [6, 6.07) is 11.6. The number of methoxy groups -OCH3 is 2. The maximum absolute atomic E-state index is 12.3. The number of nitrogens with zero attached hydrogens (tertiary/aromatic N) is 2. The topological polar surface area (TPSA) is 124 Å². The van der Waals surface area contributed by atoms with Crippen molar-refractivity contribution in [3.8, 4) is 22.8 Å². The van der Waals surface area contributed by atoms with Crippen LogP contribution in [0.3, 0.4) is 0 Å². The van der Waals surface area contributed by atoms with Gasteiger partial charge in [-0.3, -0.25) is 29.4 Å². The number of thiazole rings is 1. The van der Waals surface area contributed by atoms with Crippen LogP contribution in [0.4, 0.5) is 5.13 Å². The van der Waals surface area contributed by atoms with Gasteiger partial charge < -0.3 is 14.2 Å². The number of rotatable bonds is 8. The third kappa shape index (κ3) is 4.59. The Kier molecular flexibility index (Phi) is 6.55. The molecule has 1 aliphatic rings. The molecule has 174 valence electrons. The van der Waals surface area contributed by atoms with Crippen molar-refractivity contribution >= 4 is 40.2 Å². The molecule has 0 fully saturated rings. The van der Waals surface area contributed by atoms with Gasteiger partial charge in [0.1, 0.15) is 6.54 Å². The highest BCUT2D eigenvalue weighted by molar-refractivity contribution is 7.14. The lowest BCUT2D eigenvalue weighted by atomic mass is 10.1. The minimum absolute atomic E-state index is 0.229. The van der Waals surface area contributed by atoms with Crippen LogP contribution in [0.1, 0.15) is 20.7 Å². The number of aromatic nitrogens is 1. The van der Waals surface area contributed by atoms with Gasteiger partial charge >= 0.3 is 5.97 Å². The monoisotopic (exact) mass is 481 g/mol. The smallest absolute Gasteiger partial charge is 0.326 e. The Morgan fingerprint density at radius 3 is 2.32 bits per heavy atom. The first-order valence-electron chi connectivity index (χ1n) is 10.00. The maximum atomic E-state index is 12.3. The van der Waals surface area contributed by atoms with E-state index in [-0.39, 0.29) is 11.1 Å². The Labute approximate surface area is 198 Å². The zero-order valence-electron chi connectivity index (χ0n) is 18.2. The van der Waals surface area contributed by atoms with E-state index < -0.39 is 36.8 Å². The average molecular weight is 481 g/mol. The molecule has 0 saturated carbocycles. The zero-order chi connectivity index (χ0) is 24.2. The number of hydrogen-bond donors (Lipinski definition) is 1. The number of fused-ring (bicyclic) bond motifs is 1. The second-order valence-electron chi connectivity index (χ2n) is 7.06. The number of esters is 1. The van der Waals surface area contributed by atoms with Crippen LogP contribution in [-0.2, 0) is 14.3 Å². The van der Waals surface area contributed by atoms with E-state index in [9.17, 15) is 19.2 Å². The third-order valence-corrected chi connectivity index (χ3v) is 5.72. The molecule has 0 bridgehead atoms. The van der Waals surface area contributed by atoms with Crippen molar-refractivity contribution in [1.82, 2.24) is 9.88 Å². The van der Waals surface area contributed by atoms with E-state index >= 15 is 0 Å². The molecular weight excluding hydrogens is 462 g/mol. The number of anilines is 1. The largest absolute Gasteiger partial charge is 0.493 e. The average Bonchev–Trinajstić information content (AvgIpc) is 3.41. The number of imide groups is 1. The highest BCUT2D eigenvalue weighted by atomic mass is 32.1. The minimum Gasteiger partial charge on any atom is -0.493 e. The number of carbonyl (C=O) groups is 4. The summed E-state index contributed by atoms with van der Waals surface area (Å²) in [5.41, 5.74) is 1.84. The Morgan fingerprint density at radius 1 is 1.00 bits per heavy atom.